The molecule has 1 aromatic carbocycles. The number of thioether (sulfide) groups is 1. The van der Waals surface area contributed by atoms with Crippen molar-refractivity contribution in [2.45, 2.75) is 12.3 Å². The molecule has 0 atom stereocenters. The second-order valence-corrected chi connectivity index (χ2v) is 10.9. The van der Waals surface area contributed by atoms with Crippen molar-refractivity contribution in [3.05, 3.63) is 65.3 Å². The number of benzene rings is 1. The Hall–Kier alpha value is -4.06. The molecule has 0 saturated heterocycles. The Morgan fingerprint density at radius 2 is 1.88 bits per heavy atom. The SMILES string of the molecule is COc1ccc(CN(CCN(C)CCN(C#N)C(N)=NCCSCc2csc(N=C(N)N)n2)c2ccccn2)cc1. The summed E-state index contributed by atoms with van der Waals surface area (Å²) in [7, 11) is 3.69. The lowest BCUT2D eigenvalue weighted by Gasteiger charge is -2.27. The third kappa shape index (κ3) is 11.1. The van der Waals surface area contributed by atoms with Gasteiger partial charge in [-0.15, -0.1) is 11.3 Å². The lowest BCUT2D eigenvalue weighted by atomic mass is 10.2. The van der Waals surface area contributed by atoms with E-state index in [1.807, 2.05) is 42.8 Å². The first kappa shape index (κ1) is 31.5. The molecule has 0 bridgehead atoms. The Kier molecular flexibility index (Phi) is 13.0. The van der Waals surface area contributed by atoms with Crippen LogP contribution in [0.1, 0.15) is 11.3 Å². The fraction of sp³-hybridized carbons (Fsp3) is 0.370. The number of likely N-dealkylation sites (N-methyl/N-ethyl adjacent to an activating group) is 1. The van der Waals surface area contributed by atoms with Gasteiger partial charge in [0, 0.05) is 55.8 Å². The molecule has 0 spiro atoms. The van der Waals surface area contributed by atoms with E-state index in [9.17, 15) is 5.26 Å². The van der Waals surface area contributed by atoms with Crippen LogP contribution in [0.4, 0.5) is 10.9 Å². The molecule has 0 aliphatic rings. The van der Waals surface area contributed by atoms with E-state index in [4.69, 9.17) is 21.9 Å². The molecular weight excluding hydrogens is 559 g/mol. The van der Waals surface area contributed by atoms with Crippen LogP contribution in [0.25, 0.3) is 0 Å². The third-order valence-corrected chi connectivity index (χ3v) is 7.64. The molecule has 41 heavy (non-hydrogen) atoms. The van der Waals surface area contributed by atoms with Crippen molar-refractivity contribution < 1.29 is 4.74 Å². The number of nitriles is 1. The summed E-state index contributed by atoms with van der Waals surface area (Å²) in [6, 6.07) is 14.0. The average molecular weight is 596 g/mol. The molecular formula is C27H37N11OS2. The Labute approximate surface area is 249 Å². The molecule has 0 unspecified atom stereocenters. The fourth-order valence-electron chi connectivity index (χ4n) is 3.67. The summed E-state index contributed by atoms with van der Waals surface area (Å²) in [5, 5.41) is 12.1. The van der Waals surface area contributed by atoms with Crippen molar-refractivity contribution in [2.75, 3.05) is 57.5 Å². The number of rotatable bonds is 16. The van der Waals surface area contributed by atoms with E-state index >= 15 is 0 Å². The average Bonchev–Trinajstić information content (AvgIpc) is 3.42. The summed E-state index contributed by atoms with van der Waals surface area (Å²) in [6.45, 7) is 3.86. The molecule has 0 aliphatic carbocycles. The van der Waals surface area contributed by atoms with E-state index in [1.54, 1.807) is 25.1 Å². The van der Waals surface area contributed by atoms with Gasteiger partial charge < -0.3 is 31.7 Å². The van der Waals surface area contributed by atoms with Gasteiger partial charge in [0.25, 0.3) is 0 Å². The fourth-order valence-corrected chi connectivity index (χ4v) is 5.20. The predicted octanol–water partition coefficient (Wildman–Crippen LogP) is 2.42. The number of nitrogens with zero attached hydrogens (tertiary/aromatic N) is 8. The number of guanidine groups is 2. The summed E-state index contributed by atoms with van der Waals surface area (Å²) in [6.07, 6.45) is 3.95. The summed E-state index contributed by atoms with van der Waals surface area (Å²) < 4.78 is 5.28. The van der Waals surface area contributed by atoms with E-state index in [1.165, 1.54) is 21.8 Å². The van der Waals surface area contributed by atoms with Gasteiger partial charge >= 0.3 is 0 Å². The summed E-state index contributed by atoms with van der Waals surface area (Å²) >= 11 is 3.06. The minimum atomic E-state index is -0.00668. The first-order valence-corrected chi connectivity index (χ1v) is 15.0. The van der Waals surface area contributed by atoms with Gasteiger partial charge in [-0.1, -0.05) is 18.2 Å². The molecule has 6 N–H and O–H groups in total. The van der Waals surface area contributed by atoms with E-state index in [0.29, 0.717) is 30.5 Å². The molecule has 0 fully saturated rings. The zero-order valence-corrected chi connectivity index (χ0v) is 25.0. The highest BCUT2D eigenvalue weighted by Gasteiger charge is 2.12. The number of methoxy groups -OCH3 is 1. The van der Waals surface area contributed by atoms with Crippen LogP contribution in [-0.2, 0) is 12.3 Å². The van der Waals surface area contributed by atoms with Gasteiger partial charge in [-0.05, 0) is 36.9 Å². The van der Waals surface area contributed by atoms with Crippen molar-refractivity contribution in [3.8, 4) is 11.9 Å². The van der Waals surface area contributed by atoms with Crippen LogP contribution in [-0.4, -0.2) is 84.3 Å². The predicted molar refractivity (Wildman–Crippen MR) is 168 cm³/mol. The Balaban J connectivity index is 1.43. The smallest absolute Gasteiger partial charge is 0.212 e. The zero-order chi connectivity index (χ0) is 29.5. The van der Waals surface area contributed by atoms with Crippen LogP contribution >= 0.6 is 23.1 Å². The lowest BCUT2D eigenvalue weighted by Crippen LogP contribution is -2.41. The standard InChI is InChI=1S/C27H37N11OS2/c1-36(12-14-37(24-5-3-4-10-32-24)17-21-6-8-23(39-2)9-7-21)13-15-38(20-28)26(31)33-11-16-40-18-22-19-41-27(34-22)35-25(29)30/h3-10,19H,11-18H2,1-2H3,(H2,31,33)(H4,29,30,34,35). The van der Waals surface area contributed by atoms with Gasteiger partial charge in [-0.2, -0.15) is 22.0 Å². The summed E-state index contributed by atoms with van der Waals surface area (Å²) in [4.78, 5) is 23.1. The van der Waals surface area contributed by atoms with Crippen molar-refractivity contribution in [2.24, 2.45) is 27.2 Å². The summed E-state index contributed by atoms with van der Waals surface area (Å²) in [5.74, 6) is 3.41. The normalized spacial score (nSPS) is 11.2. The number of pyridine rings is 1. The Morgan fingerprint density at radius 3 is 2.56 bits per heavy atom. The van der Waals surface area contributed by atoms with Gasteiger partial charge in [-0.25, -0.2) is 14.9 Å². The van der Waals surface area contributed by atoms with Crippen LogP contribution in [0.2, 0.25) is 0 Å². The van der Waals surface area contributed by atoms with Gasteiger partial charge in [0.05, 0.1) is 19.3 Å². The molecule has 3 aromatic rings. The number of thiazole rings is 1. The molecule has 0 radical (unpaired) electrons. The minimum Gasteiger partial charge on any atom is -0.497 e. The number of nitrogens with two attached hydrogens (primary N) is 3. The maximum absolute atomic E-state index is 9.62. The number of hydrogen-bond donors (Lipinski definition) is 3. The van der Waals surface area contributed by atoms with Crippen LogP contribution in [0.3, 0.4) is 0 Å². The molecule has 14 heteroatoms. The number of aromatic nitrogens is 2. The topological polar surface area (TPSA) is 171 Å². The molecule has 0 amide bonds. The largest absolute Gasteiger partial charge is 0.497 e. The third-order valence-electron chi connectivity index (χ3n) is 5.88. The number of anilines is 1. The van der Waals surface area contributed by atoms with Gasteiger partial charge in [0.15, 0.2) is 12.2 Å². The second-order valence-electron chi connectivity index (χ2n) is 8.96. The lowest BCUT2D eigenvalue weighted by molar-refractivity contribution is 0.318. The van der Waals surface area contributed by atoms with Crippen LogP contribution in [0, 0.1) is 11.5 Å². The van der Waals surface area contributed by atoms with E-state index in [-0.39, 0.29) is 11.9 Å². The van der Waals surface area contributed by atoms with E-state index in [0.717, 1.165) is 42.6 Å². The maximum atomic E-state index is 9.62. The molecule has 12 nitrogen and oxygen atoms in total. The highest BCUT2D eigenvalue weighted by Crippen LogP contribution is 2.21. The number of aliphatic imine (C=N–C) groups is 2. The summed E-state index contributed by atoms with van der Waals surface area (Å²) in [5.41, 5.74) is 19.0. The first-order valence-electron chi connectivity index (χ1n) is 12.9. The van der Waals surface area contributed by atoms with Crippen molar-refractivity contribution >= 4 is 46.0 Å². The maximum Gasteiger partial charge on any atom is 0.212 e. The quantitative estimate of drug-likeness (QED) is 0.0730. The van der Waals surface area contributed by atoms with Crippen LogP contribution < -0.4 is 26.8 Å². The van der Waals surface area contributed by atoms with Crippen molar-refractivity contribution in [1.82, 2.24) is 19.8 Å². The van der Waals surface area contributed by atoms with Crippen molar-refractivity contribution in [1.29, 1.82) is 5.26 Å². The minimum absolute atomic E-state index is 0.00668. The highest BCUT2D eigenvalue weighted by atomic mass is 32.2. The molecule has 0 aliphatic heterocycles. The molecule has 2 aromatic heterocycles. The monoisotopic (exact) mass is 595 g/mol. The second kappa shape index (κ2) is 16.9. The molecule has 3 rings (SSSR count). The Morgan fingerprint density at radius 1 is 1.10 bits per heavy atom. The van der Waals surface area contributed by atoms with E-state index < -0.39 is 0 Å². The van der Waals surface area contributed by atoms with Gasteiger partial charge in [0.2, 0.25) is 11.1 Å². The highest BCUT2D eigenvalue weighted by molar-refractivity contribution is 7.98. The molecule has 2 heterocycles. The van der Waals surface area contributed by atoms with Crippen LogP contribution in [0.5, 0.6) is 5.75 Å². The Bertz CT molecular complexity index is 1290. The first-order chi connectivity index (χ1) is 19.9. The van der Waals surface area contributed by atoms with Crippen LogP contribution in [0.15, 0.2) is 64.0 Å². The molecule has 0 saturated carbocycles. The molecule has 218 valence electrons. The number of hydrogen-bond acceptors (Lipinski definition) is 10. The van der Waals surface area contributed by atoms with Gasteiger partial charge in [-0.3, -0.25) is 4.99 Å². The van der Waals surface area contributed by atoms with E-state index in [2.05, 4.69) is 48.1 Å². The van der Waals surface area contributed by atoms with Crippen molar-refractivity contribution in [3.63, 3.8) is 0 Å². The zero-order valence-electron chi connectivity index (χ0n) is 23.4. The number of ether oxygens (including phenoxy) is 1. The van der Waals surface area contributed by atoms with Gasteiger partial charge in [0.1, 0.15) is 11.6 Å².